The van der Waals surface area contributed by atoms with Crippen LogP contribution in [-0.4, -0.2) is 19.6 Å². The molecule has 0 bridgehead atoms. The number of phenolic OH excluding ortho intramolecular Hbond substituents is 1. The third kappa shape index (κ3) is 6.99. The Morgan fingerprint density at radius 1 is 0.536 bits per heavy atom. The van der Waals surface area contributed by atoms with Crippen molar-refractivity contribution >= 4 is 11.0 Å². The molecule has 6 heteroatoms. The Morgan fingerprint density at radius 2 is 1.16 bits per heavy atom. The Morgan fingerprint density at radius 3 is 1.80 bits per heavy atom. The summed E-state index contributed by atoms with van der Waals surface area (Å²) in [5, 5.41) is 12.1. The van der Waals surface area contributed by atoms with Gasteiger partial charge >= 0.3 is 0 Å². The van der Waals surface area contributed by atoms with Crippen LogP contribution in [0.5, 0.6) is 5.75 Å². The molecule has 0 atom stereocenters. The van der Waals surface area contributed by atoms with Gasteiger partial charge in [-0.1, -0.05) is 120 Å². The third-order valence-electron chi connectivity index (χ3n) is 10.3. The number of phenols is 1. The van der Waals surface area contributed by atoms with E-state index in [1.165, 1.54) is 12.1 Å². The zero-order valence-corrected chi connectivity index (χ0v) is 32.4. The summed E-state index contributed by atoms with van der Waals surface area (Å²) in [5.74, 6) is -0.962. The van der Waals surface area contributed by atoms with Gasteiger partial charge in [-0.3, -0.25) is 9.55 Å². The van der Waals surface area contributed by atoms with Crippen LogP contribution >= 0.6 is 0 Å². The van der Waals surface area contributed by atoms with Crippen LogP contribution in [0.4, 0.5) is 8.78 Å². The Hall–Kier alpha value is -6.40. The largest absolute Gasteiger partial charge is 0.507 e. The van der Waals surface area contributed by atoms with E-state index in [1.54, 1.807) is 4.57 Å². The van der Waals surface area contributed by atoms with Crippen molar-refractivity contribution in [2.75, 3.05) is 0 Å². The van der Waals surface area contributed by atoms with Crippen molar-refractivity contribution in [2.45, 2.75) is 52.4 Å². The maximum absolute atomic E-state index is 15.0. The lowest BCUT2D eigenvalue weighted by Crippen LogP contribution is -2.17. The average Bonchev–Trinajstić information content (AvgIpc) is 3.57. The van der Waals surface area contributed by atoms with Gasteiger partial charge in [-0.25, -0.2) is 13.8 Å². The molecule has 56 heavy (non-hydrogen) atoms. The van der Waals surface area contributed by atoms with Gasteiger partial charge in [-0.05, 0) is 98.8 Å². The zero-order chi connectivity index (χ0) is 39.4. The molecule has 278 valence electrons. The molecule has 2 aromatic heterocycles. The zero-order valence-electron chi connectivity index (χ0n) is 32.4. The van der Waals surface area contributed by atoms with E-state index >= 15 is 8.78 Å². The van der Waals surface area contributed by atoms with Crippen molar-refractivity contribution in [3.8, 4) is 67.5 Å². The first-order valence-corrected chi connectivity index (χ1v) is 18.8. The van der Waals surface area contributed by atoms with Gasteiger partial charge in [0.25, 0.3) is 0 Å². The van der Waals surface area contributed by atoms with Crippen LogP contribution in [-0.2, 0) is 10.8 Å². The molecular formula is C50H43F2N3O. The second kappa shape index (κ2) is 14.0. The molecule has 0 unspecified atom stereocenters. The number of imidazole rings is 1. The molecule has 8 aromatic rings. The molecule has 6 aromatic carbocycles. The maximum Gasteiger partial charge on any atom is 0.149 e. The first-order chi connectivity index (χ1) is 26.7. The molecule has 0 fully saturated rings. The van der Waals surface area contributed by atoms with E-state index in [2.05, 4.69) is 96.1 Å². The Labute approximate surface area is 326 Å². The molecule has 0 aliphatic heterocycles. The van der Waals surface area contributed by atoms with Crippen molar-refractivity contribution in [1.82, 2.24) is 14.5 Å². The Balaban J connectivity index is 1.42. The van der Waals surface area contributed by atoms with E-state index in [9.17, 15) is 5.11 Å². The minimum Gasteiger partial charge on any atom is -0.507 e. The molecule has 0 aliphatic rings. The van der Waals surface area contributed by atoms with E-state index in [0.29, 0.717) is 22.4 Å². The number of rotatable bonds is 6. The van der Waals surface area contributed by atoms with E-state index in [1.807, 2.05) is 72.9 Å². The highest BCUT2D eigenvalue weighted by Crippen LogP contribution is 2.45. The lowest BCUT2D eigenvalue weighted by Gasteiger charge is -2.27. The van der Waals surface area contributed by atoms with Gasteiger partial charge in [0, 0.05) is 29.0 Å². The predicted molar refractivity (Wildman–Crippen MR) is 225 cm³/mol. The summed E-state index contributed by atoms with van der Waals surface area (Å²) in [6.07, 6.45) is 1.84. The topological polar surface area (TPSA) is 50.9 Å². The number of benzene rings is 6. The summed E-state index contributed by atoms with van der Waals surface area (Å²) in [7, 11) is 0. The summed E-state index contributed by atoms with van der Waals surface area (Å²) in [5.41, 5.74) is 10.7. The Kier molecular flexibility index (Phi) is 9.16. The van der Waals surface area contributed by atoms with Gasteiger partial charge in [-0.15, -0.1) is 0 Å². The van der Waals surface area contributed by atoms with Crippen molar-refractivity contribution in [1.29, 1.82) is 0 Å². The molecule has 0 saturated heterocycles. The smallest absolute Gasteiger partial charge is 0.149 e. The molecule has 1 N–H and O–H groups in total. The highest BCUT2D eigenvalue weighted by molar-refractivity contribution is 5.97. The lowest BCUT2D eigenvalue weighted by atomic mass is 9.79. The molecule has 0 aliphatic carbocycles. The second-order valence-electron chi connectivity index (χ2n) is 16.5. The molecule has 0 radical (unpaired) electrons. The third-order valence-corrected chi connectivity index (χ3v) is 10.3. The van der Waals surface area contributed by atoms with Gasteiger partial charge in [0.15, 0.2) is 0 Å². The van der Waals surface area contributed by atoms with Crippen LogP contribution in [0.15, 0.2) is 146 Å². The Bertz CT molecular complexity index is 2720. The molecule has 4 nitrogen and oxygen atoms in total. The van der Waals surface area contributed by atoms with Crippen LogP contribution in [0.25, 0.3) is 72.7 Å². The number of pyridine rings is 1. The molecule has 2 heterocycles. The quantitative estimate of drug-likeness (QED) is 0.185. The monoisotopic (exact) mass is 739 g/mol. The number of aromatic hydroxyl groups is 1. The van der Waals surface area contributed by atoms with Gasteiger partial charge < -0.3 is 5.11 Å². The SMILES string of the molecule is CC(C)(C)c1cc(-c2nc3c(-c4cc(-c5ccccc5)cc(-c5cc(-c6ccccc6)ccn5)c4)cccc3n2-c2cc(F)cc(F)c2)c(O)c(C(C)(C)C)c1. The molecule has 8 rings (SSSR count). The second-order valence-corrected chi connectivity index (χ2v) is 16.5. The molecular weight excluding hydrogens is 697 g/mol. The van der Waals surface area contributed by atoms with Crippen LogP contribution in [0.3, 0.4) is 0 Å². The predicted octanol–water partition coefficient (Wildman–Crippen LogP) is 13.3. The average molecular weight is 740 g/mol. The number of para-hydroxylation sites is 1. The highest BCUT2D eigenvalue weighted by Gasteiger charge is 2.29. The van der Waals surface area contributed by atoms with Crippen molar-refractivity contribution < 1.29 is 13.9 Å². The summed E-state index contributed by atoms with van der Waals surface area (Å²) < 4.78 is 31.8. The number of halogens is 2. The first kappa shape index (κ1) is 36.6. The fourth-order valence-electron chi connectivity index (χ4n) is 7.38. The standard InChI is InChI=1S/C50H43F2N3O/c1-49(2,3)37-26-42(47(56)43(27-37)50(4,5)6)48-54-46-41(18-13-19-45(46)55(48)40-29-38(51)28-39(52)30-40)35-22-34(32-16-11-8-12-17-32)23-36(24-35)44-25-33(20-21-53-44)31-14-9-7-10-15-31/h7-30,56H,1-6H3. The van der Waals surface area contributed by atoms with Crippen LogP contribution < -0.4 is 0 Å². The van der Waals surface area contributed by atoms with E-state index in [-0.39, 0.29) is 16.9 Å². The fourth-order valence-corrected chi connectivity index (χ4v) is 7.38. The van der Waals surface area contributed by atoms with E-state index in [0.717, 1.165) is 61.8 Å². The maximum atomic E-state index is 15.0. The summed E-state index contributed by atoms with van der Waals surface area (Å²) >= 11 is 0. The fraction of sp³-hybridized carbons (Fsp3) is 0.160. The van der Waals surface area contributed by atoms with Crippen LogP contribution in [0.2, 0.25) is 0 Å². The van der Waals surface area contributed by atoms with Crippen LogP contribution in [0.1, 0.15) is 52.7 Å². The number of nitrogens with zero attached hydrogens (tertiary/aromatic N) is 3. The van der Waals surface area contributed by atoms with Crippen molar-refractivity contribution in [2.24, 2.45) is 0 Å². The minimum absolute atomic E-state index is 0.0817. The normalized spacial score (nSPS) is 12.0. The van der Waals surface area contributed by atoms with Crippen molar-refractivity contribution in [3.63, 3.8) is 0 Å². The van der Waals surface area contributed by atoms with E-state index < -0.39 is 17.0 Å². The van der Waals surface area contributed by atoms with Gasteiger partial charge in [-0.2, -0.15) is 0 Å². The summed E-state index contributed by atoms with van der Waals surface area (Å²) in [4.78, 5) is 10.1. The number of hydrogen-bond donors (Lipinski definition) is 1. The summed E-state index contributed by atoms with van der Waals surface area (Å²) in [6, 6.07) is 44.3. The van der Waals surface area contributed by atoms with Gasteiger partial charge in [0.1, 0.15) is 23.2 Å². The number of hydrogen-bond acceptors (Lipinski definition) is 3. The molecule has 0 spiro atoms. The lowest BCUT2D eigenvalue weighted by molar-refractivity contribution is 0.446. The number of fused-ring (bicyclic) bond motifs is 1. The highest BCUT2D eigenvalue weighted by atomic mass is 19.1. The summed E-state index contributed by atoms with van der Waals surface area (Å²) in [6.45, 7) is 12.6. The van der Waals surface area contributed by atoms with Crippen molar-refractivity contribution in [3.05, 3.63) is 168 Å². The van der Waals surface area contributed by atoms with Gasteiger partial charge in [0.05, 0.1) is 28.0 Å². The number of aromatic nitrogens is 3. The minimum atomic E-state index is -0.711. The molecule has 0 saturated carbocycles. The van der Waals surface area contributed by atoms with E-state index in [4.69, 9.17) is 9.97 Å². The first-order valence-electron chi connectivity index (χ1n) is 18.8. The molecule has 0 amide bonds. The van der Waals surface area contributed by atoms with Gasteiger partial charge in [0.2, 0.25) is 0 Å². The van der Waals surface area contributed by atoms with Crippen LogP contribution in [0, 0.1) is 11.6 Å².